The van der Waals surface area contributed by atoms with Gasteiger partial charge in [-0.2, -0.15) is 0 Å². The Hall–Kier alpha value is -1.55. The molecular formula is C14H18N2OS. The van der Waals surface area contributed by atoms with Crippen LogP contribution in [0.4, 0.5) is 5.69 Å². The minimum atomic E-state index is 0.123. The quantitative estimate of drug-likeness (QED) is 0.880. The second-order valence-corrected chi connectivity index (χ2v) is 5.38. The Balaban J connectivity index is 2.13. The number of aromatic nitrogens is 1. The van der Waals surface area contributed by atoms with Crippen LogP contribution in [0.3, 0.4) is 0 Å². The molecule has 1 atom stereocenters. The molecule has 2 rings (SSSR count). The lowest BCUT2D eigenvalue weighted by molar-refractivity contribution is 0.234. The highest BCUT2D eigenvalue weighted by Crippen LogP contribution is 2.28. The summed E-state index contributed by atoms with van der Waals surface area (Å²) < 4.78 is 5.69. The van der Waals surface area contributed by atoms with Crippen LogP contribution in [0.5, 0.6) is 5.88 Å². The van der Waals surface area contributed by atoms with Crippen LogP contribution < -0.4 is 10.1 Å². The highest BCUT2D eigenvalue weighted by atomic mass is 32.1. The van der Waals surface area contributed by atoms with Crippen molar-refractivity contribution in [2.45, 2.75) is 32.9 Å². The number of rotatable bonds is 5. The van der Waals surface area contributed by atoms with Gasteiger partial charge >= 0.3 is 0 Å². The Morgan fingerprint density at radius 3 is 2.72 bits per heavy atom. The van der Waals surface area contributed by atoms with Crippen molar-refractivity contribution in [1.29, 1.82) is 0 Å². The molecule has 0 saturated carbocycles. The van der Waals surface area contributed by atoms with Gasteiger partial charge in [-0.15, -0.1) is 11.3 Å². The molecule has 2 aromatic heterocycles. The van der Waals surface area contributed by atoms with Gasteiger partial charge in [0.2, 0.25) is 5.88 Å². The number of anilines is 1. The fourth-order valence-electron chi connectivity index (χ4n) is 1.66. The van der Waals surface area contributed by atoms with Crippen LogP contribution >= 0.6 is 11.3 Å². The number of nitrogens with one attached hydrogen (secondary N) is 1. The van der Waals surface area contributed by atoms with E-state index in [-0.39, 0.29) is 12.1 Å². The van der Waals surface area contributed by atoms with E-state index in [1.807, 2.05) is 26.0 Å². The monoisotopic (exact) mass is 262 g/mol. The molecule has 0 fully saturated rings. The molecule has 1 unspecified atom stereocenters. The van der Waals surface area contributed by atoms with Crippen molar-refractivity contribution in [1.82, 2.24) is 4.98 Å². The molecule has 0 saturated heterocycles. The lowest BCUT2D eigenvalue weighted by Crippen LogP contribution is -2.11. The zero-order valence-corrected chi connectivity index (χ0v) is 11.7. The zero-order valence-electron chi connectivity index (χ0n) is 10.9. The summed E-state index contributed by atoms with van der Waals surface area (Å²) in [6.45, 7) is 6.14. The van der Waals surface area contributed by atoms with E-state index in [9.17, 15) is 0 Å². The molecule has 0 amide bonds. The summed E-state index contributed by atoms with van der Waals surface area (Å²) in [4.78, 5) is 5.57. The summed E-state index contributed by atoms with van der Waals surface area (Å²) in [6, 6.07) is 8.35. The first-order valence-electron chi connectivity index (χ1n) is 6.08. The van der Waals surface area contributed by atoms with Crippen molar-refractivity contribution in [3.05, 3.63) is 40.7 Å². The lowest BCUT2D eigenvalue weighted by atomic mass is 10.2. The topological polar surface area (TPSA) is 34.1 Å². The lowest BCUT2D eigenvalue weighted by Gasteiger charge is -2.17. The maximum Gasteiger partial charge on any atom is 0.237 e. The van der Waals surface area contributed by atoms with Crippen LogP contribution in [-0.2, 0) is 0 Å². The summed E-state index contributed by atoms with van der Waals surface area (Å²) >= 11 is 1.75. The van der Waals surface area contributed by atoms with Crippen molar-refractivity contribution < 1.29 is 4.74 Å². The summed E-state index contributed by atoms with van der Waals surface area (Å²) in [5, 5.41) is 5.53. The van der Waals surface area contributed by atoms with Gasteiger partial charge in [0.25, 0.3) is 0 Å². The first kappa shape index (κ1) is 12.9. The third-order valence-electron chi connectivity index (χ3n) is 2.46. The molecule has 0 aliphatic heterocycles. The standard InChI is InChI=1S/C14H18N2OS/c1-10(2)17-14-12(6-4-8-15-14)16-11(3)13-7-5-9-18-13/h4-11,16H,1-3H3. The largest absolute Gasteiger partial charge is 0.473 e. The number of pyridine rings is 1. The fraction of sp³-hybridized carbons (Fsp3) is 0.357. The number of hydrogen-bond acceptors (Lipinski definition) is 4. The first-order valence-corrected chi connectivity index (χ1v) is 6.96. The van der Waals surface area contributed by atoms with Gasteiger partial charge in [0.1, 0.15) is 0 Å². The second-order valence-electron chi connectivity index (χ2n) is 4.40. The van der Waals surface area contributed by atoms with Gasteiger partial charge in [-0.05, 0) is 44.4 Å². The van der Waals surface area contributed by atoms with Crippen molar-refractivity contribution in [2.24, 2.45) is 0 Å². The SMILES string of the molecule is CC(C)Oc1ncccc1NC(C)c1cccs1. The summed E-state index contributed by atoms with van der Waals surface area (Å²) in [5.74, 6) is 0.663. The minimum Gasteiger partial charge on any atom is -0.473 e. The number of ether oxygens (including phenoxy) is 1. The Morgan fingerprint density at radius 1 is 1.22 bits per heavy atom. The van der Waals surface area contributed by atoms with E-state index >= 15 is 0 Å². The van der Waals surface area contributed by atoms with Gasteiger partial charge in [0.15, 0.2) is 0 Å². The molecule has 18 heavy (non-hydrogen) atoms. The minimum absolute atomic E-state index is 0.123. The smallest absolute Gasteiger partial charge is 0.237 e. The molecule has 0 bridgehead atoms. The van der Waals surface area contributed by atoms with Crippen molar-refractivity contribution in [2.75, 3.05) is 5.32 Å². The molecule has 0 spiro atoms. The summed E-state index contributed by atoms with van der Waals surface area (Å²) in [5.41, 5.74) is 0.937. The third-order valence-corrected chi connectivity index (χ3v) is 3.52. The highest BCUT2D eigenvalue weighted by Gasteiger charge is 2.11. The highest BCUT2D eigenvalue weighted by molar-refractivity contribution is 7.10. The van der Waals surface area contributed by atoms with Gasteiger partial charge in [0, 0.05) is 11.1 Å². The summed E-state index contributed by atoms with van der Waals surface area (Å²) in [6.07, 6.45) is 1.87. The van der Waals surface area contributed by atoms with Crippen LogP contribution in [0.15, 0.2) is 35.8 Å². The van der Waals surface area contributed by atoms with E-state index < -0.39 is 0 Å². The van der Waals surface area contributed by atoms with E-state index in [4.69, 9.17) is 4.74 Å². The molecule has 0 aliphatic rings. The van der Waals surface area contributed by atoms with Crippen LogP contribution in [0.2, 0.25) is 0 Å². The normalized spacial score (nSPS) is 12.4. The Labute approximate surface area is 112 Å². The predicted molar refractivity (Wildman–Crippen MR) is 76.4 cm³/mol. The van der Waals surface area contributed by atoms with E-state index in [0.29, 0.717) is 5.88 Å². The molecule has 2 heterocycles. The van der Waals surface area contributed by atoms with Crippen LogP contribution in [0, 0.1) is 0 Å². The molecule has 0 radical (unpaired) electrons. The van der Waals surface area contributed by atoms with E-state index in [1.165, 1.54) is 4.88 Å². The van der Waals surface area contributed by atoms with Crippen molar-refractivity contribution >= 4 is 17.0 Å². The first-order chi connectivity index (χ1) is 8.66. The van der Waals surface area contributed by atoms with E-state index in [2.05, 4.69) is 34.7 Å². The molecule has 96 valence electrons. The maximum atomic E-state index is 5.69. The number of nitrogens with zero attached hydrogens (tertiary/aromatic N) is 1. The van der Waals surface area contributed by atoms with Crippen LogP contribution in [-0.4, -0.2) is 11.1 Å². The van der Waals surface area contributed by atoms with Gasteiger partial charge < -0.3 is 10.1 Å². The van der Waals surface area contributed by atoms with Gasteiger partial charge in [-0.1, -0.05) is 6.07 Å². The maximum absolute atomic E-state index is 5.69. The van der Waals surface area contributed by atoms with Crippen LogP contribution in [0.1, 0.15) is 31.7 Å². The fourth-order valence-corrected chi connectivity index (χ4v) is 2.39. The molecule has 4 heteroatoms. The van der Waals surface area contributed by atoms with Gasteiger partial charge in [-0.3, -0.25) is 0 Å². The molecule has 0 aromatic carbocycles. The molecule has 3 nitrogen and oxygen atoms in total. The molecule has 2 aromatic rings. The second kappa shape index (κ2) is 5.87. The van der Waals surface area contributed by atoms with E-state index in [0.717, 1.165) is 5.69 Å². The average molecular weight is 262 g/mol. The Kier molecular flexibility index (Phi) is 4.20. The van der Waals surface area contributed by atoms with Crippen molar-refractivity contribution in [3.63, 3.8) is 0 Å². The Bertz CT molecular complexity index is 482. The number of hydrogen-bond donors (Lipinski definition) is 1. The molecule has 0 aliphatic carbocycles. The zero-order chi connectivity index (χ0) is 13.0. The van der Waals surface area contributed by atoms with E-state index in [1.54, 1.807) is 17.5 Å². The predicted octanol–water partition coefficient (Wildman–Crippen LogP) is 4.10. The van der Waals surface area contributed by atoms with Gasteiger partial charge in [0.05, 0.1) is 17.8 Å². The summed E-state index contributed by atoms with van der Waals surface area (Å²) in [7, 11) is 0. The van der Waals surface area contributed by atoms with Crippen LogP contribution in [0.25, 0.3) is 0 Å². The van der Waals surface area contributed by atoms with Crippen molar-refractivity contribution in [3.8, 4) is 5.88 Å². The average Bonchev–Trinajstić information content (AvgIpc) is 2.84. The Morgan fingerprint density at radius 2 is 2.06 bits per heavy atom. The molecular weight excluding hydrogens is 244 g/mol. The number of thiophene rings is 1. The van der Waals surface area contributed by atoms with Gasteiger partial charge in [-0.25, -0.2) is 4.98 Å². The molecule has 1 N–H and O–H groups in total. The third kappa shape index (κ3) is 3.23.